The average molecular weight is 279 g/mol. The van der Waals surface area contributed by atoms with E-state index in [1.54, 1.807) is 0 Å². The molecule has 19 heavy (non-hydrogen) atoms. The fourth-order valence-corrected chi connectivity index (χ4v) is 3.91. The van der Waals surface area contributed by atoms with Crippen LogP contribution >= 0.6 is 11.3 Å². The number of hydrogen-bond donors (Lipinski definition) is 1. The van der Waals surface area contributed by atoms with E-state index < -0.39 is 0 Å². The van der Waals surface area contributed by atoms with Crippen LogP contribution in [0.2, 0.25) is 0 Å². The molecule has 0 bridgehead atoms. The zero-order chi connectivity index (χ0) is 13.9. The lowest BCUT2D eigenvalue weighted by Gasteiger charge is -2.28. The summed E-state index contributed by atoms with van der Waals surface area (Å²) in [4.78, 5) is 2.99. The highest BCUT2D eigenvalue weighted by Crippen LogP contribution is 2.30. The van der Waals surface area contributed by atoms with Crippen molar-refractivity contribution in [3.63, 3.8) is 0 Å². The van der Waals surface area contributed by atoms with Crippen LogP contribution in [0.3, 0.4) is 0 Å². The van der Waals surface area contributed by atoms with Crippen LogP contribution in [0.25, 0.3) is 0 Å². The Kier molecular flexibility index (Phi) is 5.08. The van der Waals surface area contributed by atoms with Gasteiger partial charge >= 0.3 is 0 Å². The average Bonchev–Trinajstić information content (AvgIpc) is 2.86. The summed E-state index contributed by atoms with van der Waals surface area (Å²) < 4.78 is 0. The van der Waals surface area contributed by atoms with Crippen molar-refractivity contribution >= 4 is 11.3 Å². The summed E-state index contributed by atoms with van der Waals surface area (Å²) in [5.74, 6) is 0.993. The van der Waals surface area contributed by atoms with Crippen molar-refractivity contribution in [1.82, 2.24) is 5.32 Å². The third-order valence-corrected chi connectivity index (χ3v) is 5.90. The maximum atomic E-state index is 3.76. The molecule has 1 aliphatic carbocycles. The molecule has 0 atom stereocenters. The van der Waals surface area contributed by atoms with Crippen LogP contribution < -0.4 is 5.32 Å². The van der Waals surface area contributed by atoms with E-state index in [2.05, 4.69) is 45.1 Å². The molecule has 2 rings (SSSR count). The molecule has 0 aliphatic heterocycles. The molecule has 0 radical (unpaired) electrons. The maximum absolute atomic E-state index is 3.76. The number of rotatable bonds is 4. The summed E-state index contributed by atoms with van der Waals surface area (Å²) in [5.41, 5.74) is 0.294. The summed E-state index contributed by atoms with van der Waals surface area (Å²) in [5, 5.41) is 3.76. The molecule has 1 aromatic heterocycles. The van der Waals surface area contributed by atoms with Crippen molar-refractivity contribution in [2.45, 2.75) is 77.8 Å². The molecule has 0 unspecified atom stereocenters. The van der Waals surface area contributed by atoms with Crippen molar-refractivity contribution in [3.05, 3.63) is 21.9 Å². The zero-order valence-corrected chi connectivity index (χ0v) is 13.8. The number of hydrogen-bond acceptors (Lipinski definition) is 2. The van der Waals surface area contributed by atoms with E-state index >= 15 is 0 Å². The van der Waals surface area contributed by atoms with Crippen LogP contribution in [-0.4, -0.2) is 6.04 Å². The Bertz CT molecular complexity index is 380. The van der Waals surface area contributed by atoms with Crippen molar-refractivity contribution < 1.29 is 0 Å². The van der Waals surface area contributed by atoms with Gasteiger partial charge in [-0.3, -0.25) is 0 Å². The molecule has 108 valence electrons. The Morgan fingerprint density at radius 1 is 1.16 bits per heavy atom. The zero-order valence-electron chi connectivity index (χ0n) is 13.0. The van der Waals surface area contributed by atoms with Gasteiger partial charge in [0, 0.05) is 22.3 Å². The second kappa shape index (κ2) is 6.41. The van der Waals surface area contributed by atoms with E-state index in [0.29, 0.717) is 5.41 Å². The number of thiophene rings is 1. The van der Waals surface area contributed by atoms with Crippen LogP contribution in [0, 0.1) is 5.92 Å². The van der Waals surface area contributed by atoms with Gasteiger partial charge in [-0.2, -0.15) is 0 Å². The summed E-state index contributed by atoms with van der Waals surface area (Å²) >= 11 is 1.97. The summed E-state index contributed by atoms with van der Waals surface area (Å²) in [6.07, 6.45) is 6.95. The highest BCUT2D eigenvalue weighted by molar-refractivity contribution is 7.12. The minimum absolute atomic E-state index is 0.294. The van der Waals surface area contributed by atoms with Crippen LogP contribution in [0.5, 0.6) is 0 Å². The van der Waals surface area contributed by atoms with E-state index in [1.807, 2.05) is 11.3 Å². The first kappa shape index (κ1) is 15.1. The molecule has 0 saturated heterocycles. The Labute approximate surface area is 122 Å². The molecule has 1 fully saturated rings. The second-order valence-electron chi connectivity index (χ2n) is 7.02. The minimum atomic E-state index is 0.294. The Hall–Kier alpha value is -0.340. The summed E-state index contributed by atoms with van der Waals surface area (Å²) in [7, 11) is 0. The SMILES string of the molecule is CCC1CCC(NCc2ccc(C(C)(C)C)s2)CC1. The third-order valence-electron chi connectivity index (χ3n) is 4.39. The van der Waals surface area contributed by atoms with Gasteiger partial charge in [-0.05, 0) is 49.1 Å². The maximum Gasteiger partial charge on any atom is 0.0302 e. The molecule has 0 aromatic carbocycles. The van der Waals surface area contributed by atoms with Gasteiger partial charge in [-0.1, -0.05) is 34.1 Å². The summed E-state index contributed by atoms with van der Waals surface area (Å²) in [6, 6.07) is 5.36. The van der Waals surface area contributed by atoms with Gasteiger partial charge < -0.3 is 5.32 Å². The van der Waals surface area contributed by atoms with Crippen LogP contribution in [0.1, 0.15) is 69.6 Å². The van der Waals surface area contributed by atoms with Crippen LogP contribution in [0.15, 0.2) is 12.1 Å². The quantitative estimate of drug-likeness (QED) is 0.808. The minimum Gasteiger partial charge on any atom is -0.309 e. The number of nitrogens with one attached hydrogen (secondary N) is 1. The molecule has 0 amide bonds. The first-order valence-electron chi connectivity index (χ1n) is 7.81. The highest BCUT2D eigenvalue weighted by atomic mass is 32.1. The Morgan fingerprint density at radius 2 is 1.84 bits per heavy atom. The predicted octanol–water partition coefficient (Wildman–Crippen LogP) is 5.10. The van der Waals surface area contributed by atoms with Crippen molar-refractivity contribution in [2.24, 2.45) is 5.92 Å². The van der Waals surface area contributed by atoms with Crippen molar-refractivity contribution in [3.8, 4) is 0 Å². The van der Waals surface area contributed by atoms with Crippen molar-refractivity contribution in [1.29, 1.82) is 0 Å². The molecule has 1 aromatic rings. The molecule has 0 spiro atoms. The monoisotopic (exact) mass is 279 g/mol. The first-order chi connectivity index (χ1) is 8.99. The first-order valence-corrected chi connectivity index (χ1v) is 8.63. The highest BCUT2D eigenvalue weighted by Gasteiger charge is 2.20. The van der Waals surface area contributed by atoms with Gasteiger partial charge in [0.25, 0.3) is 0 Å². The lowest BCUT2D eigenvalue weighted by molar-refractivity contribution is 0.285. The smallest absolute Gasteiger partial charge is 0.0302 e. The van der Waals surface area contributed by atoms with Crippen LogP contribution in [0.4, 0.5) is 0 Å². The lowest BCUT2D eigenvalue weighted by Crippen LogP contribution is -2.32. The molecule has 1 heterocycles. The predicted molar refractivity (Wildman–Crippen MR) is 85.9 cm³/mol. The van der Waals surface area contributed by atoms with Gasteiger partial charge in [0.15, 0.2) is 0 Å². The molecular weight excluding hydrogens is 250 g/mol. The van der Waals surface area contributed by atoms with Gasteiger partial charge in [-0.15, -0.1) is 11.3 Å². The largest absolute Gasteiger partial charge is 0.309 e. The molecule has 1 nitrogen and oxygen atoms in total. The molecule has 1 saturated carbocycles. The normalized spacial score (nSPS) is 24.6. The van der Waals surface area contributed by atoms with E-state index in [-0.39, 0.29) is 0 Å². The molecule has 1 N–H and O–H groups in total. The van der Waals surface area contributed by atoms with Crippen molar-refractivity contribution in [2.75, 3.05) is 0 Å². The van der Waals surface area contributed by atoms with Gasteiger partial charge in [0.1, 0.15) is 0 Å². The molecule has 2 heteroatoms. The summed E-state index contributed by atoms with van der Waals surface area (Å²) in [6.45, 7) is 10.3. The van der Waals surface area contributed by atoms with Gasteiger partial charge in [-0.25, -0.2) is 0 Å². The van der Waals surface area contributed by atoms with Gasteiger partial charge in [0.2, 0.25) is 0 Å². The van der Waals surface area contributed by atoms with Crippen LogP contribution in [-0.2, 0) is 12.0 Å². The van der Waals surface area contributed by atoms with Gasteiger partial charge in [0.05, 0.1) is 0 Å². The van der Waals surface area contributed by atoms with E-state index in [1.165, 1.54) is 41.9 Å². The topological polar surface area (TPSA) is 12.0 Å². The van der Waals surface area contributed by atoms with E-state index in [0.717, 1.165) is 18.5 Å². The third kappa shape index (κ3) is 4.32. The fourth-order valence-electron chi connectivity index (χ4n) is 2.90. The Morgan fingerprint density at radius 3 is 2.37 bits per heavy atom. The van der Waals surface area contributed by atoms with E-state index in [4.69, 9.17) is 0 Å². The molecular formula is C17H29NS. The standard InChI is InChI=1S/C17H29NS/c1-5-13-6-8-14(9-7-13)18-12-15-10-11-16(19-15)17(2,3)4/h10-11,13-14,18H,5-9,12H2,1-4H3. The Balaban J connectivity index is 1.78. The fraction of sp³-hybridized carbons (Fsp3) is 0.765. The molecule has 1 aliphatic rings. The van der Waals surface area contributed by atoms with E-state index in [9.17, 15) is 0 Å². The second-order valence-corrected chi connectivity index (χ2v) is 8.19. The lowest BCUT2D eigenvalue weighted by atomic mass is 9.84.